The van der Waals surface area contributed by atoms with Crippen molar-refractivity contribution in [2.24, 2.45) is 11.8 Å². The minimum atomic E-state index is 0.222. The number of fused-ring (bicyclic) bond motifs is 3. The molecule has 2 bridgehead atoms. The zero-order valence-electron chi connectivity index (χ0n) is 17.0. The number of carbonyl (C=O) groups is 1. The summed E-state index contributed by atoms with van der Waals surface area (Å²) in [6.45, 7) is 7.17. The Hall–Kier alpha value is -1.97. The Morgan fingerprint density at radius 3 is 2.63 bits per heavy atom. The fourth-order valence-electron chi connectivity index (χ4n) is 4.07. The van der Waals surface area contributed by atoms with Gasteiger partial charge in [0.2, 0.25) is 0 Å². The number of unbranched alkanes of at least 4 members (excludes halogenated alkanes) is 1. The minimum absolute atomic E-state index is 0.222. The highest BCUT2D eigenvalue weighted by Crippen LogP contribution is 2.34. The van der Waals surface area contributed by atoms with Crippen LogP contribution in [0.2, 0.25) is 0 Å². The first kappa shape index (κ1) is 19.8. The molecule has 0 aromatic heterocycles. The van der Waals surface area contributed by atoms with Crippen LogP contribution in [-0.2, 0) is 4.79 Å². The van der Waals surface area contributed by atoms with Gasteiger partial charge in [-0.1, -0.05) is 39.2 Å². The van der Waals surface area contributed by atoms with Crippen molar-refractivity contribution in [2.45, 2.75) is 52.4 Å². The third-order valence-electron chi connectivity index (χ3n) is 5.97. The van der Waals surface area contributed by atoms with E-state index in [0.29, 0.717) is 11.7 Å². The van der Waals surface area contributed by atoms with E-state index < -0.39 is 0 Å². The van der Waals surface area contributed by atoms with Gasteiger partial charge in [0, 0.05) is 19.0 Å². The molecule has 1 unspecified atom stereocenters. The van der Waals surface area contributed by atoms with Gasteiger partial charge in [0.05, 0.1) is 19.4 Å². The fourth-order valence-corrected chi connectivity index (χ4v) is 4.07. The molecule has 0 aliphatic carbocycles. The largest absolute Gasteiger partial charge is 0.493 e. The summed E-state index contributed by atoms with van der Waals surface area (Å²) in [7, 11) is 1.67. The van der Waals surface area contributed by atoms with Crippen LogP contribution in [-0.4, -0.2) is 37.5 Å². The highest BCUT2D eigenvalue weighted by molar-refractivity contribution is 6.01. The second kappa shape index (κ2) is 9.29. The van der Waals surface area contributed by atoms with Gasteiger partial charge in [-0.15, -0.1) is 0 Å². The van der Waals surface area contributed by atoms with Crippen LogP contribution >= 0.6 is 0 Å². The van der Waals surface area contributed by atoms with Gasteiger partial charge in [0.15, 0.2) is 17.3 Å². The predicted octanol–water partition coefficient (Wildman–Crippen LogP) is 4.93. The fraction of sp³-hybridized carbons (Fsp3) is 0.609. The summed E-state index contributed by atoms with van der Waals surface area (Å²) in [4.78, 5) is 14.8. The van der Waals surface area contributed by atoms with Crippen molar-refractivity contribution >= 4 is 11.9 Å². The van der Waals surface area contributed by atoms with E-state index in [1.54, 1.807) is 7.11 Å². The zero-order valence-corrected chi connectivity index (χ0v) is 17.0. The van der Waals surface area contributed by atoms with Gasteiger partial charge in [-0.05, 0) is 49.0 Å². The Morgan fingerprint density at radius 1 is 1.22 bits per heavy atom. The number of Topliss-reactive ketones (excluding diaryl/α,β-unsaturated/α-hetero) is 1. The molecule has 3 aliphatic heterocycles. The molecule has 4 nitrogen and oxygen atoms in total. The zero-order chi connectivity index (χ0) is 19.2. The summed E-state index contributed by atoms with van der Waals surface area (Å²) in [5.41, 5.74) is 1.85. The molecule has 3 fully saturated rings. The lowest BCUT2D eigenvalue weighted by Gasteiger charge is -2.41. The molecule has 0 N–H and O–H groups in total. The molecule has 0 saturated carbocycles. The molecule has 3 saturated heterocycles. The molecule has 1 aromatic carbocycles. The van der Waals surface area contributed by atoms with E-state index in [1.807, 2.05) is 24.3 Å². The van der Waals surface area contributed by atoms with Crippen LogP contribution < -0.4 is 9.47 Å². The van der Waals surface area contributed by atoms with E-state index >= 15 is 0 Å². The maximum atomic E-state index is 12.5. The van der Waals surface area contributed by atoms with Crippen molar-refractivity contribution in [1.82, 2.24) is 4.90 Å². The first-order valence-corrected chi connectivity index (χ1v) is 10.5. The highest BCUT2D eigenvalue weighted by atomic mass is 16.5. The summed E-state index contributed by atoms with van der Waals surface area (Å²) in [5.74, 6) is 2.62. The maximum Gasteiger partial charge on any atom is 0.182 e. The number of nitrogens with zero attached hydrogens (tertiary/aromatic N) is 1. The Balaban J connectivity index is 1.71. The number of methoxy groups -OCH3 is 1. The molecule has 148 valence electrons. The Labute approximate surface area is 163 Å². The van der Waals surface area contributed by atoms with Gasteiger partial charge in [-0.2, -0.15) is 0 Å². The van der Waals surface area contributed by atoms with E-state index in [-0.39, 0.29) is 5.92 Å². The van der Waals surface area contributed by atoms with E-state index in [0.717, 1.165) is 61.7 Å². The van der Waals surface area contributed by atoms with Gasteiger partial charge in [0.25, 0.3) is 0 Å². The van der Waals surface area contributed by atoms with Crippen LogP contribution in [0.15, 0.2) is 23.9 Å². The molecule has 0 amide bonds. The quantitative estimate of drug-likeness (QED) is 0.577. The smallest absolute Gasteiger partial charge is 0.182 e. The van der Waals surface area contributed by atoms with Crippen LogP contribution in [0.1, 0.15) is 57.9 Å². The van der Waals surface area contributed by atoms with Crippen LogP contribution in [0.3, 0.4) is 0 Å². The SMILES string of the molecule is CCCCC(CC)COc1ccc(C=C2C(=O)C3CCN2CC3)cc1OC. The number of ether oxygens (including phenoxy) is 2. The number of hydrogen-bond acceptors (Lipinski definition) is 4. The normalized spacial score (nSPS) is 19.6. The summed E-state index contributed by atoms with van der Waals surface area (Å²) < 4.78 is 11.6. The average molecular weight is 372 g/mol. The predicted molar refractivity (Wildman–Crippen MR) is 109 cm³/mol. The van der Waals surface area contributed by atoms with Gasteiger partial charge >= 0.3 is 0 Å². The number of benzene rings is 1. The molecular formula is C23H33NO3. The number of rotatable bonds is 9. The minimum Gasteiger partial charge on any atom is -0.493 e. The standard InChI is InChI=1S/C23H33NO3/c1-4-6-7-17(5-2)16-27-21-9-8-18(15-22(21)26-3)14-20-23(25)19-10-12-24(20)13-11-19/h8-9,14-15,17,19H,4-7,10-13,16H2,1-3H3. The van der Waals surface area contributed by atoms with Crippen LogP contribution in [0.5, 0.6) is 11.5 Å². The second-order valence-corrected chi connectivity index (χ2v) is 7.79. The molecular weight excluding hydrogens is 338 g/mol. The summed E-state index contributed by atoms with van der Waals surface area (Å²) in [6, 6.07) is 5.97. The lowest BCUT2D eigenvalue weighted by Crippen LogP contribution is -2.45. The molecule has 1 atom stereocenters. The molecule has 1 aromatic rings. The van der Waals surface area contributed by atoms with Gasteiger partial charge in [0.1, 0.15) is 0 Å². The van der Waals surface area contributed by atoms with Crippen LogP contribution in [0.4, 0.5) is 0 Å². The molecule has 3 aliphatic rings. The monoisotopic (exact) mass is 371 g/mol. The van der Waals surface area contributed by atoms with Crippen molar-refractivity contribution in [2.75, 3.05) is 26.8 Å². The van der Waals surface area contributed by atoms with Crippen molar-refractivity contribution in [3.8, 4) is 11.5 Å². The Morgan fingerprint density at radius 2 is 2.00 bits per heavy atom. The van der Waals surface area contributed by atoms with Crippen molar-refractivity contribution < 1.29 is 14.3 Å². The van der Waals surface area contributed by atoms with Gasteiger partial charge < -0.3 is 14.4 Å². The first-order valence-electron chi connectivity index (χ1n) is 10.5. The number of ketones is 1. The number of carbonyl (C=O) groups excluding carboxylic acids is 1. The summed E-state index contributed by atoms with van der Waals surface area (Å²) in [5, 5.41) is 0. The van der Waals surface area contributed by atoms with Crippen molar-refractivity contribution in [1.29, 1.82) is 0 Å². The molecule has 3 heterocycles. The van der Waals surface area contributed by atoms with Crippen LogP contribution in [0.25, 0.3) is 6.08 Å². The molecule has 4 rings (SSSR count). The Bertz CT molecular complexity index is 674. The Kier molecular flexibility index (Phi) is 6.81. The van der Waals surface area contributed by atoms with Gasteiger partial charge in [-0.25, -0.2) is 0 Å². The number of allylic oxidation sites excluding steroid dienone is 1. The molecule has 27 heavy (non-hydrogen) atoms. The molecule has 0 radical (unpaired) electrons. The lowest BCUT2D eigenvalue weighted by molar-refractivity contribution is -0.125. The second-order valence-electron chi connectivity index (χ2n) is 7.79. The molecule has 0 spiro atoms. The maximum absolute atomic E-state index is 12.5. The molecule has 4 heteroatoms. The number of hydrogen-bond donors (Lipinski definition) is 0. The van der Waals surface area contributed by atoms with Crippen molar-refractivity contribution in [3.05, 3.63) is 29.5 Å². The highest BCUT2D eigenvalue weighted by Gasteiger charge is 2.36. The van der Waals surface area contributed by atoms with Gasteiger partial charge in [-0.3, -0.25) is 4.79 Å². The first-order chi connectivity index (χ1) is 13.2. The van der Waals surface area contributed by atoms with E-state index in [2.05, 4.69) is 18.7 Å². The topological polar surface area (TPSA) is 38.8 Å². The van der Waals surface area contributed by atoms with E-state index in [4.69, 9.17) is 9.47 Å². The van der Waals surface area contributed by atoms with Crippen LogP contribution in [0, 0.1) is 11.8 Å². The lowest BCUT2D eigenvalue weighted by atomic mass is 9.84. The van der Waals surface area contributed by atoms with E-state index in [9.17, 15) is 4.79 Å². The number of piperidine rings is 3. The summed E-state index contributed by atoms with van der Waals surface area (Å²) >= 11 is 0. The van der Waals surface area contributed by atoms with E-state index in [1.165, 1.54) is 19.3 Å². The third kappa shape index (κ3) is 4.66. The third-order valence-corrected chi connectivity index (χ3v) is 5.97. The summed E-state index contributed by atoms with van der Waals surface area (Å²) in [6.07, 6.45) is 8.82. The van der Waals surface area contributed by atoms with Crippen molar-refractivity contribution in [3.63, 3.8) is 0 Å². The average Bonchev–Trinajstić information content (AvgIpc) is 2.71.